The minimum absolute atomic E-state index is 0.288. The maximum Gasteiger partial charge on any atom is 0.416 e. The van der Waals surface area contributed by atoms with Gasteiger partial charge in [0.05, 0.1) is 12.9 Å². The summed E-state index contributed by atoms with van der Waals surface area (Å²) in [5, 5.41) is 1.71. The third-order valence-electron chi connectivity index (χ3n) is 7.18. The zero-order valence-corrected chi connectivity index (χ0v) is 22.5. The second-order valence-corrected chi connectivity index (χ2v) is 10.2. The molecule has 1 amide bonds. The molecule has 40 heavy (non-hydrogen) atoms. The Morgan fingerprint density at radius 1 is 1.05 bits per heavy atom. The second-order valence-electron chi connectivity index (χ2n) is 9.80. The highest BCUT2D eigenvalue weighted by Crippen LogP contribution is 2.40. The summed E-state index contributed by atoms with van der Waals surface area (Å²) < 4.78 is 27.1. The Hall–Kier alpha value is -4.30. The smallest absolute Gasteiger partial charge is 0.416 e. The quantitative estimate of drug-likeness (QED) is 0.205. The topological polar surface area (TPSA) is 72.4 Å². The van der Waals surface area contributed by atoms with Crippen LogP contribution in [0.5, 0.6) is 11.5 Å². The summed E-state index contributed by atoms with van der Waals surface area (Å²) in [5.41, 5.74) is 3.94. The molecule has 0 aliphatic carbocycles. The Morgan fingerprint density at radius 2 is 1.85 bits per heavy atom. The number of unbranched alkanes of at least 4 members (excludes halogenated alkanes) is 1. The number of aromatic nitrogens is 3. The molecule has 0 fully saturated rings. The molecule has 0 radical (unpaired) electrons. The molecule has 1 aliphatic rings. The first-order valence-electron chi connectivity index (χ1n) is 13.3. The fraction of sp³-hybridized carbons (Fsp3) is 0.226. The minimum Gasteiger partial charge on any atom is -0.494 e. The van der Waals surface area contributed by atoms with E-state index < -0.39 is 18.0 Å². The molecule has 1 atom stereocenters. The van der Waals surface area contributed by atoms with Crippen molar-refractivity contribution in [2.45, 2.75) is 31.8 Å². The van der Waals surface area contributed by atoms with Crippen molar-refractivity contribution in [1.29, 1.82) is 0 Å². The van der Waals surface area contributed by atoms with Gasteiger partial charge < -0.3 is 19.0 Å². The van der Waals surface area contributed by atoms with Crippen LogP contribution in [0.4, 0.5) is 9.18 Å². The summed E-state index contributed by atoms with van der Waals surface area (Å²) in [6.45, 7) is 1.97. The van der Waals surface area contributed by atoms with Gasteiger partial charge in [0.2, 0.25) is 0 Å². The van der Waals surface area contributed by atoms with E-state index in [-0.39, 0.29) is 5.75 Å². The van der Waals surface area contributed by atoms with Crippen LogP contribution in [0, 0.1) is 5.82 Å². The van der Waals surface area contributed by atoms with Crippen LogP contribution in [0.1, 0.15) is 35.7 Å². The van der Waals surface area contributed by atoms with Crippen molar-refractivity contribution in [1.82, 2.24) is 19.4 Å². The predicted molar refractivity (Wildman–Crippen MR) is 151 cm³/mol. The van der Waals surface area contributed by atoms with Crippen LogP contribution >= 0.6 is 11.6 Å². The van der Waals surface area contributed by atoms with Crippen LogP contribution in [0.2, 0.25) is 5.02 Å². The first-order valence-corrected chi connectivity index (χ1v) is 13.7. The number of aromatic amines is 1. The fourth-order valence-electron chi connectivity index (χ4n) is 5.22. The summed E-state index contributed by atoms with van der Waals surface area (Å²) in [7, 11) is 0. The van der Waals surface area contributed by atoms with Crippen molar-refractivity contribution >= 4 is 28.6 Å². The van der Waals surface area contributed by atoms with Gasteiger partial charge in [-0.25, -0.2) is 14.2 Å². The maximum atomic E-state index is 13.4. The van der Waals surface area contributed by atoms with Gasteiger partial charge in [0.25, 0.3) is 0 Å². The van der Waals surface area contributed by atoms with Gasteiger partial charge in [-0.3, -0.25) is 4.90 Å². The third kappa shape index (κ3) is 5.53. The Morgan fingerprint density at radius 3 is 2.62 bits per heavy atom. The van der Waals surface area contributed by atoms with E-state index in [9.17, 15) is 9.18 Å². The average molecular weight is 559 g/mol. The number of aryl methyl sites for hydroxylation is 1. The Bertz CT molecular complexity index is 1600. The number of benzene rings is 3. The Labute approximate surface area is 236 Å². The number of imidazole rings is 1. The Kier molecular flexibility index (Phi) is 7.42. The highest BCUT2D eigenvalue weighted by atomic mass is 35.5. The Balaban J connectivity index is 1.22. The van der Waals surface area contributed by atoms with E-state index in [1.165, 1.54) is 24.3 Å². The van der Waals surface area contributed by atoms with E-state index in [0.717, 1.165) is 52.9 Å². The lowest BCUT2D eigenvalue weighted by Crippen LogP contribution is -2.42. The monoisotopic (exact) mass is 558 g/mol. The van der Waals surface area contributed by atoms with Crippen LogP contribution in [0.15, 0.2) is 85.5 Å². The van der Waals surface area contributed by atoms with Crippen molar-refractivity contribution in [2.75, 3.05) is 13.2 Å². The molecule has 9 heteroatoms. The summed E-state index contributed by atoms with van der Waals surface area (Å²) >= 11 is 6.31. The number of ether oxygens (including phenoxy) is 2. The molecule has 1 unspecified atom stereocenters. The maximum absolute atomic E-state index is 13.4. The SMILES string of the molecule is O=C(Oc1ccc(F)cc1)N1CCc2c([nH]c3ccc(Cl)cc23)C1c1ccc(OCCCCn2ccnc2)cc1. The van der Waals surface area contributed by atoms with Gasteiger partial charge in [0.15, 0.2) is 0 Å². The molecule has 3 heterocycles. The molecule has 0 bridgehead atoms. The molecule has 7 nitrogen and oxygen atoms in total. The van der Waals surface area contributed by atoms with Crippen molar-refractivity contribution in [2.24, 2.45) is 0 Å². The number of carbonyl (C=O) groups is 1. The van der Waals surface area contributed by atoms with Crippen LogP contribution in [0.3, 0.4) is 0 Å². The first-order chi connectivity index (χ1) is 19.5. The largest absolute Gasteiger partial charge is 0.494 e. The fourth-order valence-corrected chi connectivity index (χ4v) is 5.39. The predicted octanol–water partition coefficient (Wildman–Crippen LogP) is 7.16. The summed E-state index contributed by atoms with van der Waals surface area (Å²) in [4.78, 5) is 22.7. The molecule has 3 aromatic carbocycles. The van der Waals surface area contributed by atoms with Crippen molar-refractivity contribution in [3.05, 3.63) is 113 Å². The normalized spacial score (nSPS) is 14.8. The number of nitrogens with one attached hydrogen (secondary N) is 1. The zero-order chi connectivity index (χ0) is 27.5. The van der Waals surface area contributed by atoms with Crippen LogP contribution < -0.4 is 9.47 Å². The van der Waals surface area contributed by atoms with Gasteiger partial charge in [-0.1, -0.05) is 23.7 Å². The molecule has 2 aromatic heterocycles. The molecule has 6 rings (SSSR count). The lowest BCUT2D eigenvalue weighted by molar-refractivity contribution is 0.135. The number of fused-ring (bicyclic) bond motifs is 3. The molecular formula is C31H28ClFN4O3. The summed E-state index contributed by atoms with van der Waals surface area (Å²) in [5.74, 6) is 0.667. The van der Waals surface area contributed by atoms with E-state index in [4.69, 9.17) is 21.1 Å². The van der Waals surface area contributed by atoms with E-state index >= 15 is 0 Å². The van der Waals surface area contributed by atoms with Crippen molar-refractivity contribution in [3.63, 3.8) is 0 Å². The highest BCUT2D eigenvalue weighted by molar-refractivity contribution is 6.31. The number of rotatable bonds is 8. The summed E-state index contributed by atoms with van der Waals surface area (Å²) in [6.07, 6.45) is 7.61. The summed E-state index contributed by atoms with van der Waals surface area (Å²) in [6, 6.07) is 18.6. The molecule has 1 aliphatic heterocycles. The minimum atomic E-state index is -0.503. The van der Waals surface area contributed by atoms with Gasteiger partial charge >= 0.3 is 6.09 Å². The number of H-pyrrole nitrogens is 1. The van der Waals surface area contributed by atoms with Crippen LogP contribution in [-0.2, 0) is 13.0 Å². The highest BCUT2D eigenvalue weighted by Gasteiger charge is 2.35. The average Bonchev–Trinajstić information content (AvgIpc) is 3.62. The molecule has 1 N–H and O–H groups in total. The number of hydrogen-bond donors (Lipinski definition) is 1. The van der Waals surface area contributed by atoms with Crippen molar-refractivity contribution in [3.8, 4) is 11.5 Å². The number of hydrogen-bond acceptors (Lipinski definition) is 4. The van der Waals surface area contributed by atoms with Gasteiger partial charge in [-0.15, -0.1) is 0 Å². The van der Waals surface area contributed by atoms with E-state index in [1.807, 2.05) is 55.0 Å². The molecule has 0 saturated carbocycles. The molecule has 204 valence electrons. The number of amides is 1. The molecule has 0 spiro atoms. The van der Waals surface area contributed by atoms with E-state index in [1.54, 1.807) is 11.1 Å². The number of halogens is 2. The molecular weight excluding hydrogens is 531 g/mol. The zero-order valence-electron chi connectivity index (χ0n) is 21.7. The van der Waals surface area contributed by atoms with Crippen LogP contribution in [-0.4, -0.2) is 38.7 Å². The van der Waals surface area contributed by atoms with E-state index in [2.05, 4.69) is 14.5 Å². The van der Waals surface area contributed by atoms with Gasteiger partial charge in [-0.05, 0) is 85.0 Å². The standard InChI is InChI=1S/C31H28ClFN4O3/c32-22-5-12-28-27(19-22)26-13-16-37(31(38)40-25-10-6-23(33)7-11-25)30(29(26)35-28)21-3-8-24(9-4-21)39-18-2-1-15-36-17-14-34-20-36/h3-12,14,17,19-20,30,35H,1-2,13,15-16,18H2. The number of carbonyl (C=O) groups excluding carboxylic acids is 1. The lowest BCUT2D eigenvalue weighted by atomic mass is 9.92. The molecule has 5 aromatic rings. The third-order valence-corrected chi connectivity index (χ3v) is 7.41. The number of nitrogens with zero attached hydrogens (tertiary/aromatic N) is 3. The van der Waals surface area contributed by atoms with Gasteiger partial charge in [0.1, 0.15) is 23.4 Å². The second kappa shape index (κ2) is 11.4. The molecule has 0 saturated heterocycles. The lowest BCUT2D eigenvalue weighted by Gasteiger charge is -2.35. The van der Waals surface area contributed by atoms with Crippen LogP contribution in [0.25, 0.3) is 10.9 Å². The van der Waals surface area contributed by atoms with E-state index in [0.29, 0.717) is 24.6 Å². The van der Waals surface area contributed by atoms with Gasteiger partial charge in [0, 0.05) is 47.1 Å². The van der Waals surface area contributed by atoms with Crippen molar-refractivity contribution < 1.29 is 18.7 Å². The van der Waals surface area contributed by atoms with Gasteiger partial charge in [-0.2, -0.15) is 0 Å². The first kappa shape index (κ1) is 26.0.